The maximum Gasteiger partial charge on any atom is 0.338 e. The number of hydrogen-bond acceptors (Lipinski definition) is 8. The van der Waals surface area contributed by atoms with Crippen LogP contribution >= 0.6 is 34.5 Å². The molecule has 3 aliphatic rings. The van der Waals surface area contributed by atoms with Gasteiger partial charge in [-0.25, -0.2) is 14.2 Å². The van der Waals surface area contributed by atoms with E-state index in [1.165, 1.54) is 24.5 Å². The van der Waals surface area contributed by atoms with Gasteiger partial charge in [-0.1, -0.05) is 45.8 Å². The first kappa shape index (κ1) is 25.3. The summed E-state index contributed by atoms with van der Waals surface area (Å²) in [6.45, 7) is 1.16. The number of thiazole rings is 1. The first-order valence-electron chi connectivity index (χ1n) is 12.9. The Bertz CT molecular complexity index is 1580. The summed E-state index contributed by atoms with van der Waals surface area (Å²) in [6, 6.07) is 8.49. The molecule has 0 radical (unpaired) electrons. The van der Waals surface area contributed by atoms with Crippen LogP contribution < -0.4 is 4.90 Å². The number of fused-ring (bicyclic) bond motifs is 3. The summed E-state index contributed by atoms with van der Waals surface area (Å²) in [5, 5.41) is 6.19. The summed E-state index contributed by atoms with van der Waals surface area (Å²) in [5.41, 5.74) is 2.72. The molecule has 39 heavy (non-hydrogen) atoms. The van der Waals surface area contributed by atoms with Crippen LogP contribution in [0.4, 0.5) is 9.52 Å². The zero-order valence-electron chi connectivity index (χ0n) is 21.0. The second kappa shape index (κ2) is 9.73. The van der Waals surface area contributed by atoms with Gasteiger partial charge in [-0.05, 0) is 49.9 Å². The molecule has 11 heteroatoms. The van der Waals surface area contributed by atoms with Gasteiger partial charge in [-0.3, -0.25) is 0 Å². The second-order valence-corrected chi connectivity index (χ2v) is 12.2. The molecule has 2 saturated carbocycles. The molecule has 1 aliphatic heterocycles. The Hall–Kier alpha value is -2.72. The van der Waals surface area contributed by atoms with Crippen molar-refractivity contribution in [2.24, 2.45) is 5.92 Å². The van der Waals surface area contributed by atoms with Crippen LogP contribution in [0.15, 0.2) is 34.9 Å². The molecule has 3 atom stereocenters. The normalized spacial score (nSPS) is 22.3. The highest BCUT2D eigenvalue weighted by atomic mass is 35.5. The number of anilines is 1. The first-order chi connectivity index (χ1) is 18.9. The van der Waals surface area contributed by atoms with Crippen molar-refractivity contribution in [3.8, 4) is 11.3 Å². The fraction of sp³-hybridized carbons (Fsp3) is 0.393. The van der Waals surface area contributed by atoms with E-state index < -0.39 is 11.8 Å². The maximum absolute atomic E-state index is 14.7. The van der Waals surface area contributed by atoms with Crippen molar-refractivity contribution in [3.63, 3.8) is 0 Å². The van der Waals surface area contributed by atoms with Crippen molar-refractivity contribution < 1.29 is 23.2 Å². The lowest BCUT2D eigenvalue weighted by Gasteiger charge is -2.31. The first-order valence-corrected chi connectivity index (χ1v) is 14.5. The summed E-state index contributed by atoms with van der Waals surface area (Å²) in [6.07, 6.45) is 4.07. The van der Waals surface area contributed by atoms with Gasteiger partial charge in [0, 0.05) is 35.5 Å². The predicted molar refractivity (Wildman–Crippen MR) is 147 cm³/mol. The molecule has 0 amide bonds. The molecule has 0 spiro atoms. The Balaban J connectivity index is 1.08. The van der Waals surface area contributed by atoms with Gasteiger partial charge in [0.25, 0.3) is 0 Å². The van der Waals surface area contributed by atoms with Crippen molar-refractivity contribution in [3.05, 3.63) is 63.1 Å². The number of hydrogen-bond donors (Lipinski definition) is 0. The van der Waals surface area contributed by atoms with E-state index >= 15 is 0 Å². The highest BCUT2D eigenvalue weighted by Crippen LogP contribution is 2.48. The van der Waals surface area contributed by atoms with Crippen LogP contribution in [0.3, 0.4) is 0 Å². The Labute approximate surface area is 237 Å². The Morgan fingerprint density at radius 1 is 1.23 bits per heavy atom. The van der Waals surface area contributed by atoms with Crippen molar-refractivity contribution in [1.29, 1.82) is 0 Å². The number of piperidine rings is 1. The van der Waals surface area contributed by atoms with Gasteiger partial charge >= 0.3 is 5.97 Å². The van der Waals surface area contributed by atoms with Gasteiger partial charge in [0.15, 0.2) is 10.9 Å². The number of rotatable bonds is 7. The van der Waals surface area contributed by atoms with E-state index in [0.29, 0.717) is 44.4 Å². The number of ether oxygens (including phenoxy) is 2. The molecule has 1 saturated heterocycles. The van der Waals surface area contributed by atoms with Crippen LogP contribution in [0.5, 0.6) is 0 Å². The number of halogens is 3. The molecule has 0 unspecified atom stereocenters. The van der Waals surface area contributed by atoms with Gasteiger partial charge < -0.3 is 18.9 Å². The molecule has 2 bridgehead atoms. The second-order valence-electron chi connectivity index (χ2n) is 10.4. The monoisotopic (exact) mass is 587 g/mol. The van der Waals surface area contributed by atoms with Gasteiger partial charge in [-0.2, -0.15) is 0 Å². The quantitative estimate of drug-likeness (QED) is 0.211. The average Bonchev–Trinajstić information content (AvgIpc) is 3.24. The molecule has 7 nitrogen and oxygen atoms in total. The summed E-state index contributed by atoms with van der Waals surface area (Å²) < 4.78 is 32.4. The number of esters is 1. The minimum atomic E-state index is -0.566. The van der Waals surface area contributed by atoms with E-state index in [0.717, 1.165) is 48.7 Å². The highest BCUT2D eigenvalue weighted by molar-refractivity contribution is 7.22. The lowest BCUT2D eigenvalue weighted by molar-refractivity contribution is 0.0122. The fourth-order valence-corrected chi connectivity index (χ4v) is 7.60. The van der Waals surface area contributed by atoms with Crippen LogP contribution in [0.1, 0.15) is 53.3 Å². The van der Waals surface area contributed by atoms with Crippen molar-refractivity contribution >= 4 is 55.9 Å². The van der Waals surface area contributed by atoms with Crippen molar-refractivity contribution in [1.82, 2.24) is 10.1 Å². The topological polar surface area (TPSA) is 77.7 Å². The SMILES string of the molecule is COC(=O)c1cc(F)c2nc(N3C[C@H]4C[C@@H]3C[C@@H]4OCc3c(-c4c(Cl)cccc4Cl)noc3C3CC3)sc2c1. The number of benzene rings is 2. The third kappa shape index (κ3) is 4.40. The minimum absolute atomic E-state index is 0.0832. The summed E-state index contributed by atoms with van der Waals surface area (Å²) in [4.78, 5) is 18.7. The average molecular weight is 588 g/mol. The predicted octanol–water partition coefficient (Wildman–Crippen LogP) is 7.25. The zero-order chi connectivity index (χ0) is 26.8. The van der Waals surface area contributed by atoms with Crippen molar-refractivity contribution in [2.45, 2.75) is 50.4 Å². The smallest absolute Gasteiger partial charge is 0.338 e. The Morgan fingerprint density at radius 3 is 2.72 bits per heavy atom. The number of carbonyl (C=O) groups excluding carboxylic acids is 1. The summed E-state index contributed by atoms with van der Waals surface area (Å²) in [5.74, 6) is 0.475. The minimum Gasteiger partial charge on any atom is -0.465 e. The van der Waals surface area contributed by atoms with Crippen LogP contribution in [0.2, 0.25) is 10.0 Å². The number of aromatic nitrogens is 2. The molecule has 202 valence electrons. The largest absolute Gasteiger partial charge is 0.465 e. The van der Waals surface area contributed by atoms with E-state index in [2.05, 4.69) is 15.0 Å². The molecular formula is C28H24Cl2FN3O4S. The van der Waals surface area contributed by atoms with Gasteiger partial charge in [0.05, 0.1) is 40.1 Å². The Morgan fingerprint density at radius 2 is 2.03 bits per heavy atom. The van der Waals surface area contributed by atoms with Gasteiger partial charge in [-0.15, -0.1) is 0 Å². The molecule has 0 N–H and O–H groups in total. The standard InChI is InChI=1S/C28H24Cl2FN3O4S/c1-36-27(35)14-8-20(31)25-22(9-14)39-28(32-25)34-11-15-7-16(34)10-21(15)37-12-17-24(33-38-26(17)13-5-6-13)23-18(29)3-2-4-19(23)30/h2-4,8-9,13,15-16,21H,5-7,10-12H2,1H3/t15-,16-,21+/m1/s1. The van der Waals surface area contributed by atoms with Crippen LogP contribution in [0.25, 0.3) is 21.5 Å². The maximum atomic E-state index is 14.7. The molecular weight excluding hydrogens is 564 g/mol. The molecule has 2 aromatic carbocycles. The summed E-state index contributed by atoms with van der Waals surface area (Å²) >= 11 is 14.4. The molecule has 3 heterocycles. The van der Waals surface area contributed by atoms with Crippen LogP contribution in [0, 0.1) is 11.7 Å². The van der Waals surface area contributed by atoms with Crippen LogP contribution in [-0.4, -0.2) is 41.9 Å². The van der Waals surface area contributed by atoms with Crippen LogP contribution in [-0.2, 0) is 16.1 Å². The van der Waals surface area contributed by atoms with E-state index in [-0.39, 0.29) is 23.2 Å². The van der Waals surface area contributed by atoms with Gasteiger partial charge in [0.2, 0.25) is 0 Å². The molecule has 2 aromatic heterocycles. The Kier molecular flexibility index (Phi) is 6.30. The molecule has 3 fully saturated rings. The zero-order valence-corrected chi connectivity index (χ0v) is 23.3. The number of methoxy groups -OCH3 is 1. The lowest BCUT2D eigenvalue weighted by Crippen LogP contribution is -2.38. The third-order valence-corrected chi connectivity index (χ3v) is 9.66. The van der Waals surface area contributed by atoms with Crippen molar-refractivity contribution in [2.75, 3.05) is 18.6 Å². The molecule has 4 aromatic rings. The summed E-state index contributed by atoms with van der Waals surface area (Å²) in [7, 11) is 1.28. The fourth-order valence-electron chi connectivity index (χ4n) is 5.92. The number of carbonyl (C=O) groups is 1. The van der Waals surface area contributed by atoms with Gasteiger partial charge in [0.1, 0.15) is 17.0 Å². The third-order valence-electron chi connectivity index (χ3n) is 7.99. The van der Waals surface area contributed by atoms with E-state index in [1.54, 1.807) is 18.2 Å². The highest BCUT2D eigenvalue weighted by Gasteiger charge is 2.46. The van der Waals surface area contributed by atoms with E-state index in [9.17, 15) is 9.18 Å². The lowest BCUT2D eigenvalue weighted by atomic mass is 10.0. The van der Waals surface area contributed by atoms with E-state index in [1.807, 2.05) is 6.07 Å². The van der Waals surface area contributed by atoms with E-state index in [4.69, 9.17) is 37.2 Å². The molecule has 7 rings (SSSR count). The molecule has 2 aliphatic carbocycles. The number of nitrogens with zero attached hydrogens (tertiary/aromatic N) is 3.